The third-order valence-electron chi connectivity index (χ3n) is 18.7. The smallest absolute Gasteiger partial charge is 0.462 e. The highest BCUT2D eigenvalue weighted by atomic mass is 31.2. The molecule has 3 N–H and O–H groups in total. The van der Waals surface area contributed by atoms with Crippen molar-refractivity contribution in [2.45, 2.75) is 439 Å². The van der Waals surface area contributed by atoms with Crippen molar-refractivity contribution in [3.63, 3.8) is 0 Å². The van der Waals surface area contributed by atoms with Gasteiger partial charge in [-0.2, -0.15) is 0 Å². The van der Waals surface area contributed by atoms with E-state index in [9.17, 15) is 43.2 Å². The highest BCUT2D eigenvalue weighted by molar-refractivity contribution is 7.47. The fourth-order valence-electron chi connectivity index (χ4n) is 12.4. The minimum atomic E-state index is -4.96. The predicted octanol–water partition coefficient (Wildman–Crippen LogP) is 23.9. The number of aliphatic hydroxyl groups is 1. The van der Waals surface area contributed by atoms with E-state index in [4.69, 9.17) is 37.0 Å². The molecule has 0 aliphatic rings. The first-order valence-corrected chi connectivity index (χ1v) is 44.5. The highest BCUT2D eigenvalue weighted by Gasteiger charge is 2.30. The Labute approximate surface area is 607 Å². The Morgan fingerprint density at radius 1 is 0.273 bits per heavy atom. The number of carbonyl (C=O) groups is 4. The summed E-state index contributed by atoms with van der Waals surface area (Å²) in [5, 5.41) is 10.6. The van der Waals surface area contributed by atoms with Gasteiger partial charge in [0.2, 0.25) is 0 Å². The van der Waals surface area contributed by atoms with Crippen molar-refractivity contribution < 1.29 is 80.2 Å². The van der Waals surface area contributed by atoms with E-state index in [2.05, 4.69) is 41.5 Å². The van der Waals surface area contributed by atoms with Gasteiger partial charge in [-0.05, 0) is 37.5 Å². The maximum atomic E-state index is 13.1. The van der Waals surface area contributed by atoms with E-state index in [1.165, 1.54) is 238 Å². The molecule has 0 bridgehead atoms. The Morgan fingerprint density at radius 2 is 0.465 bits per heavy atom. The van der Waals surface area contributed by atoms with Crippen LogP contribution in [0.1, 0.15) is 420 Å². The summed E-state index contributed by atoms with van der Waals surface area (Å²) in [7, 11) is -9.92. The summed E-state index contributed by atoms with van der Waals surface area (Å²) in [6.07, 6.45) is 61.0. The fourth-order valence-corrected chi connectivity index (χ4v) is 13.9. The molecule has 0 rings (SSSR count). The van der Waals surface area contributed by atoms with E-state index in [-0.39, 0.29) is 25.7 Å². The second-order valence-corrected chi connectivity index (χ2v) is 32.7. The quantitative estimate of drug-likeness (QED) is 0.0222. The van der Waals surface area contributed by atoms with Crippen LogP contribution in [-0.4, -0.2) is 96.7 Å². The molecule has 0 radical (unpaired) electrons. The molecule has 5 atom stereocenters. The third kappa shape index (κ3) is 74.1. The number of ether oxygens (including phenoxy) is 4. The van der Waals surface area contributed by atoms with E-state index in [0.29, 0.717) is 25.7 Å². The predicted molar refractivity (Wildman–Crippen MR) is 405 cm³/mol. The lowest BCUT2D eigenvalue weighted by atomic mass is 10.0. The van der Waals surface area contributed by atoms with Crippen LogP contribution in [0.25, 0.3) is 0 Å². The number of rotatable bonds is 79. The molecule has 0 aliphatic heterocycles. The van der Waals surface area contributed by atoms with E-state index < -0.39 is 97.5 Å². The number of phosphoric ester groups is 2. The van der Waals surface area contributed by atoms with Crippen molar-refractivity contribution in [2.75, 3.05) is 39.6 Å². The van der Waals surface area contributed by atoms with Gasteiger partial charge in [0.15, 0.2) is 12.2 Å². The fraction of sp³-hybridized carbons (Fsp3) is 0.950. The first-order valence-electron chi connectivity index (χ1n) is 41.5. The van der Waals surface area contributed by atoms with E-state index in [1.807, 2.05) is 0 Å². The molecule has 0 fully saturated rings. The Bertz CT molecular complexity index is 1910. The number of carbonyl (C=O) groups excluding carboxylic acids is 4. The van der Waals surface area contributed by atoms with Crippen molar-refractivity contribution in [1.29, 1.82) is 0 Å². The maximum absolute atomic E-state index is 13.1. The zero-order valence-corrected chi connectivity index (χ0v) is 66.6. The van der Waals surface area contributed by atoms with Crippen molar-refractivity contribution in [3.05, 3.63) is 0 Å². The van der Waals surface area contributed by atoms with Crippen molar-refractivity contribution >= 4 is 39.5 Å². The molecule has 0 aromatic carbocycles. The van der Waals surface area contributed by atoms with Crippen LogP contribution in [0.4, 0.5) is 0 Å². The third-order valence-corrected chi connectivity index (χ3v) is 20.6. The first kappa shape index (κ1) is 97.1. The van der Waals surface area contributed by atoms with Crippen molar-refractivity contribution in [3.8, 4) is 0 Å². The van der Waals surface area contributed by atoms with E-state index in [0.717, 1.165) is 102 Å². The SMILES string of the molecule is CCCCCCCCCCCCCCCCCCCC(=O)OC[C@H](COP(=O)(O)OC[C@@H](O)COP(=O)(O)OC[C@@H](COC(=O)CCCCCCCCCCCCC)OC(=O)CCCCCCCCCCCC(C)C)OC(=O)CCCCCCCCCCCCCCCCCCC(C)C. The summed E-state index contributed by atoms with van der Waals surface area (Å²) in [5.74, 6) is -0.564. The second-order valence-electron chi connectivity index (χ2n) is 29.8. The summed E-state index contributed by atoms with van der Waals surface area (Å²) >= 11 is 0. The largest absolute Gasteiger partial charge is 0.472 e. The van der Waals surface area contributed by atoms with Gasteiger partial charge in [-0.15, -0.1) is 0 Å². The minimum Gasteiger partial charge on any atom is -0.462 e. The molecule has 0 aliphatic carbocycles. The lowest BCUT2D eigenvalue weighted by molar-refractivity contribution is -0.161. The zero-order chi connectivity index (χ0) is 72.8. The van der Waals surface area contributed by atoms with Crippen molar-refractivity contribution in [2.24, 2.45) is 11.8 Å². The van der Waals surface area contributed by atoms with Crippen LogP contribution < -0.4 is 0 Å². The molecule has 2 unspecified atom stereocenters. The molecule has 19 heteroatoms. The molecule has 99 heavy (non-hydrogen) atoms. The van der Waals surface area contributed by atoms with E-state index in [1.54, 1.807) is 0 Å². The van der Waals surface area contributed by atoms with Gasteiger partial charge >= 0.3 is 39.5 Å². The second kappa shape index (κ2) is 71.7. The highest BCUT2D eigenvalue weighted by Crippen LogP contribution is 2.45. The van der Waals surface area contributed by atoms with Crippen molar-refractivity contribution in [1.82, 2.24) is 0 Å². The number of hydrogen-bond donors (Lipinski definition) is 3. The van der Waals surface area contributed by atoms with Crippen LogP contribution in [0, 0.1) is 11.8 Å². The van der Waals surface area contributed by atoms with Gasteiger partial charge in [0.25, 0.3) is 0 Å². The summed E-state index contributed by atoms with van der Waals surface area (Å²) in [4.78, 5) is 73.0. The lowest BCUT2D eigenvalue weighted by Gasteiger charge is -2.21. The number of hydrogen-bond acceptors (Lipinski definition) is 15. The first-order chi connectivity index (χ1) is 47.9. The summed E-state index contributed by atoms with van der Waals surface area (Å²) in [6.45, 7) is 9.63. The number of aliphatic hydroxyl groups excluding tert-OH is 1. The topological polar surface area (TPSA) is 237 Å². The molecule has 0 saturated carbocycles. The molecule has 588 valence electrons. The zero-order valence-electron chi connectivity index (χ0n) is 64.8. The molecule has 17 nitrogen and oxygen atoms in total. The maximum Gasteiger partial charge on any atom is 0.472 e. The van der Waals surface area contributed by atoms with Gasteiger partial charge in [-0.25, -0.2) is 9.13 Å². The number of unbranched alkanes of at least 4 members (excludes halogenated alkanes) is 49. The standard InChI is InChI=1S/C80H156O17P2/c1-7-9-11-13-15-17-19-20-21-22-26-29-33-39-45-51-57-63-78(83)91-68-75(96-79(84)64-58-52-46-40-34-30-27-24-23-25-28-32-36-42-48-54-60-72(3)4)70-94-98(86,87)92-66-74(81)67-93-99(88,89)95-71-76(69-90-77(82)62-56-50-44-38-31-18-16-14-12-10-8-2)97-80(85)65-59-53-47-41-35-37-43-49-55-61-73(5)6/h72-76,81H,7-71H2,1-6H3,(H,86,87)(H,88,89)/t74-,75-,76-/m1/s1. The molecule has 0 spiro atoms. The van der Waals surface area contributed by atoms with Gasteiger partial charge in [-0.1, -0.05) is 369 Å². The Morgan fingerprint density at radius 3 is 0.687 bits per heavy atom. The monoisotopic (exact) mass is 1450 g/mol. The molecule has 0 aromatic heterocycles. The van der Waals surface area contributed by atoms with Crippen LogP contribution in [-0.2, 0) is 65.4 Å². The molecule has 0 aromatic rings. The van der Waals surface area contributed by atoms with Crippen LogP contribution in [0.2, 0.25) is 0 Å². The summed E-state index contributed by atoms with van der Waals surface area (Å²) in [5.41, 5.74) is 0. The lowest BCUT2D eigenvalue weighted by Crippen LogP contribution is -2.30. The minimum absolute atomic E-state index is 0.106. The number of esters is 4. The van der Waals surface area contributed by atoms with Crippen LogP contribution >= 0.6 is 15.6 Å². The van der Waals surface area contributed by atoms with Gasteiger partial charge in [0, 0.05) is 25.7 Å². The average molecular weight is 1450 g/mol. The molecular weight excluding hydrogens is 1290 g/mol. The van der Waals surface area contributed by atoms with Gasteiger partial charge in [-0.3, -0.25) is 37.3 Å². The summed E-state index contributed by atoms with van der Waals surface area (Å²) < 4.78 is 68.7. The Balaban J connectivity index is 5.24. The van der Waals surface area contributed by atoms with Crippen LogP contribution in [0.15, 0.2) is 0 Å². The van der Waals surface area contributed by atoms with Gasteiger partial charge < -0.3 is 33.8 Å². The van der Waals surface area contributed by atoms with Crippen LogP contribution in [0.3, 0.4) is 0 Å². The molecule has 0 heterocycles. The van der Waals surface area contributed by atoms with Gasteiger partial charge in [0.1, 0.15) is 19.3 Å². The molecule has 0 amide bonds. The molecular formula is C80H156O17P2. The van der Waals surface area contributed by atoms with Crippen LogP contribution in [0.5, 0.6) is 0 Å². The number of phosphoric acid groups is 2. The normalized spacial score (nSPS) is 13.9. The van der Waals surface area contributed by atoms with Gasteiger partial charge in [0.05, 0.1) is 26.4 Å². The average Bonchev–Trinajstić information content (AvgIpc) is 1.05. The Hall–Kier alpha value is -1.94. The Kier molecular flexibility index (Phi) is 70.3. The molecule has 0 saturated heterocycles. The summed E-state index contributed by atoms with van der Waals surface area (Å²) in [6, 6.07) is 0. The van der Waals surface area contributed by atoms with E-state index >= 15 is 0 Å².